The average Bonchev–Trinajstić information content (AvgIpc) is 2.26. The van der Waals surface area contributed by atoms with Crippen molar-refractivity contribution in [3.05, 3.63) is 23.0 Å². The van der Waals surface area contributed by atoms with Gasteiger partial charge in [-0.1, -0.05) is 19.4 Å². The van der Waals surface area contributed by atoms with E-state index in [2.05, 4.69) is 27.7 Å². The van der Waals surface area contributed by atoms with Gasteiger partial charge in [-0.2, -0.15) is 0 Å². The molecule has 1 nitrogen and oxygen atoms in total. The second kappa shape index (κ2) is 3.57. The lowest BCUT2D eigenvalue weighted by atomic mass is 9.86. The first-order valence-electron chi connectivity index (χ1n) is 4.98. The Bertz CT molecular complexity index is 256. The van der Waals surface area contributed by atoms with Crippen LogP contribution in [-0.4, -0.2) is 6.61 Å². The summed E-state index contributed by atoms with van der Waals surface area (Å²) in [6.07, 6.45) is 3.04. The molecular formula is C12H20O. The van der Waals surface area contributed by atoms with E-state index in [-0.39, 0.29) is 0 Å². The van der Waals surface area contributed by atoms with Gasteiger partial charge in [0.25, 0.3) is 0 Å². The van der Waals surface area contributed by atoms with Crippen molar-refractivity contribution < 1.29 is 4.74 Å². The maximum atomic E-state index is 5.33. The second-order valence-corrected chi connectivity index (χ2v) is 4.41. The molecule has 0 bridgehead atoms. The van der Waals surface area contributed by atoms with E-state index in [0.717, 1.165) is 13.0 Å². The van der Waals surface area contributed by atoms with Crippen molar-refractivity contribution in [2.24, 2.45) is 5.41 Å². The standard InChI is InChI=1S/C12H20O/c1-6-13-8-11-7-12(4,5)10(3)9(11)2/h8H,6-7H2,1-5H3. The van der Waals surface area contributed by atoms with Crippen LogP contribution < -0.4 is 0 Å². The van der Waals surface area contributed by atoms with E-state index in [1.807, 2.05) is 13.2 Å². The third-order valence-electron chi connectivity index (χ3n) is 3.08. The predicted molar refractivity (Wildman–Crippen MR) is 56.5 cm³/mol. The summed E-state index contributed by atoms with van der Waals surface area (Å²) < 4.78 is 5.33. The zero-order valence-corrected chi connectivity index (χ0v) is 9.40. The van der Waals surface area contributed by atoms with Gasteiger partial charge in [0.05, 0.1) is 12.9 Å². The Labute approximate surface area is 81.5 Å². The van der Waals surface area contributed by atoms with Crippen LogP contribution in [0.25, 0.3) is 0 Å². The summed E-state index contributed by atoms with van der Waals surface area (Å²) in [5.74, 6) is 0. The topological polar surface area (TPSA) is 9.23 Å². The highest BCUT2D eigenvalue weighted by atomic mass is 16.5. The van der Waals surface area contributed by atoms with Gasteiger partial charge in [0.1, 0.15) is 0 Å². The Hall–Kier alpha value is -0.720. The number of allylic oxidation sites excluding steroid dienone is 3. The van der Waals surface area contributed by atoms with Gasteiger partial charge in [-0.15, -0.1) is 0 Å². The van der Waals surface area contributed by atoms with Crippen LogP contribution in [-0.2, 0) is 4.74 Å². The summed E-state index contributed by atoms with van der Waals surface area (Å²) in [4.78, 5) is 0. The molecule has 74 valence electrons. The Balaban J connectivity index is 2.87. The fourth-order valence-corrected chi connectivity index (χ4v) is 1.80. The van der Waals surface area contributed by atoms with Crippen LogP contribution in [0.4, 0.5) is 0 Å². The monoisotopic (exact) mass is 180 g/mol. The van der Waals surface area contributed by atoms with Crippen molar-refractivity contribution in [3.8, 4) is 0 Å². The minimum atomic E-state index is 0.326. The third-order valence-corrected chi connectivity index (χ3v) is 3.08. The molecule has 0 saturated heterocycles. The SMILES string of the molecule is CCOC=C1CC(C)(C)C(C)=C1C. The molecule has 1 heteroatoms. The number of hydrogen-bond donors (Lipinski definition) is 0. The van der Waals surface area contributed by atoms with Crippen LogP contribution in [0.3, 0.4) is 0 Å². The van der Waals surface area contributed by atoms with Crippen LogP contribution in [0, 0.1) is 5.41 Å². The second-order valence-electron chi connectivity index (χ2n) is 4.41. The van der Waals surface area contributed by atoms with E-state index in [4.69, 9.17) is 4.74 Å². The minimum Gasteiger partial charge on any atom is -0.501 e. The van der Waals surface area contributed by atoms with Crippen LogP contribution in [0.1, 0.15) is 41.0 Å². The molecule has 0 aromatic rings. The van der Waals surface area contributed by atoms with Gasteiger partial charge in [-0.3, -0.25) is 0 Å². The van der Waals surface area contributed by atoms with Crippen molar-refractivity contribution in [2.45, 2.75) is 41.0 Å². The average molecular weight is 180 g/mol. The van der Waals surface area contributed by atoms with Crippen LogP contribution in [0.15, 0.2) is 23.0 Å². The van der Waals surface area contributed by atoms with Crippen molar-refractivity contribution in [1.82, 2.24) is 0 Å². The lowest BCUT2D eigenvalue weighted by Gasteiger charge is -2.18. The van der Waals surface area contributed by atoms with Gasteiger partial charge in [-0.25, -0.2) is 0 Å². The van der Waals surface area contributed by atoms with Gasteiger partial charge in [0.15, 0.2) is 0 Å². The first-order chi connectivity index (χ1) is 5.99. The smallest absolute Gasteiger partial charge is 0.0863 e. The zero-order chi connectivity index (χ0) is 10.1. The largest absolute Gasteiger partial charge is 0.501 e. The molecule has 0 heterocycles. The Morgan fingerprint density at radius 1 is 1.38 bits per heavy atom. The van der Waals surface area contributed by atoms with Crippen molar-refractivity contribution in [2.75, 3.05) is 6.61 Å². The summed E-state index contributed by atoms with van der Waals surface area (Å²) in [5, 5.41) is 0. The molecule has 0 aromatic heterocycles. The maximum absolute atomic E-state index is 5.33. The molecule has 0 N–H and O–H groups in total. The van der Waals surface area contributed by atoms with Gasteiger partial charge in [0, 0.05) is 0 Å². The molecule has 0 saturated carbocycles. The first kappa shape index (κ1) is 10.4. The lowest BCUT2D eigenvalue weighted by Crippen LogP contribution is -2.07. The lowest BCUT2D eigenvalue weighted by molar-refractivity contribution is 0.264. The Morgan fingerprint density at radius 2 is 2.00 bits per heavy atom. The Kier molecular flexibility index (Phi) is 2.84. The van der Waals surface area contributed by atoms with Crippen molar-refractivity contribution in [1.29, 1.82) is 0 Å². The van der Waals surface area contributed by atoms with Crippen LogP contribution in [0.2, 0.25) is 0 Å². The quantitative estimate of drug-likeness (QED) is 0.589. The molecule has 1 aliphatic carbocycles. The summed E-state index contributed by atoms with van der Waals surface area (Å²) >= 11 is 0. The first-order valence-corrected chi connectivity index (χ1v) is 4.98. The highest BCUT2D eigenvalue weighted by Gasteiger charge is 2.30. The van der Waals surface area contributed by atoms with Gasteiger partial charge in [0.2, 0.25) is 0 Å². The van der Waals surface area contributed by atoms with Crippen molar-refractivity contribution in [3.63, 3.8) is 0 Å². The molecular weight excluding hydrogens is 160 g/mol. The molecule has 0 radical (unpaired) electrons. The van der Waals surface area contributed by atoms with Crippen LogP contribution >= 0.6 is 0 Å². The van der Waals surface area contributed by atoms with E-state index in [9.17, 15) is 0 Å². The van der Waals surface area contributed by atoms with E-state index in [1.54, 1.807) is 0 Å². The van der Waals surface area contributed by atoms with E-state index in [1.165, 1.54) is 16.7 Å². The number of ether oxygens (including phenoxy) is 1. The molecule has 0 aromatic carbocycles. The number of rotatable bonds is 2. The minimum absolute atomic E-state index is 0.326. The molecule has 0 fully saturated rings. The van der Waals surface area contributed by atoms with Gasteiger partial charge < -0.3 is 4.74 Å². The summed E-state index contributed by atoms with van der Waals surface area (Å²) in [6, 6.07) is 0. The molecule has 0 aliphatic heterocycles. The molecule has 13 heavy (non-hydrogen) atoms. The molecule has 1 rings (SSSR count). The molecule has 0 amide bonds. The predicted octanol–water partition coefficient (Wildman–Crippen LogP) is 3.67. The highest BCUT2D eigenvalue weighted by molar-refractivity contribution is 5.42. The van der Waals surface area contributed by atoms with Gasteiger partial charge >= 0.3 is 0 Å². The van der Waals surface area contributed by atoms with E-state index < -0.39 is 0 Å². The van der Waals surface area contributed by atoms with E-state index >= 15 is 0 Å². The molecule has 0 spiro atoms. The highest BCUT2D eigenvalue weighted by Crippen LogP contribution is 2.44. The maximum Gasteiger partial charge on any atom is 0.0863 e. The fourth-order valence-electron chi connectivity index (χ4n) is 1.80. The van der Waals surface area contributed by atoms with Crippen molar-refractivity contribution >= 4 is 0 Å². The summed E-state index contributed by atoms with van der Waals surface area (Å²) in [7, 11) is 0. The Morgan fingerprint density at radius 3 is 2.38 bits per heavy atom. The normalized spacial score (nSPS) is 24.2. The number of hydrogen-bond acceptors (Lipinski definition) is 1. The fraction of sp³-hybridized carbons (Fsp3) is 0.667. The van der Waals surface area contributed by atoms with E-state index in [0.29, 0.717) is 5.41 Å². The zero-order valence-electron chi connectivity index (χ0n) is 9.40. The molecule has 0 atom stereocenters. The third kappa shape index (κ3) is 1.96. The summed E-state index contributed by atoms with van der Waals surface area (Å²) in [5.41, 5.74) is 4.61. The van der Waals surface area contributed by atoms with Crippen LogP contribution in [0.5, 0.6) is 0 Å². The summed E-state index contributed by atoms with van der Waals surface area (Å²) in [6.45, 7) is 11.8. The molecule has 1 aliphatic rings. The molecule has 0 unspecified atom stereocenters. The van der Waals surface area contributed by atoms with Gasteiger partial charge in [-0.05, 0) is 43.8 Å².